The Hall–Kier alpha value is -1.35. The van der Waals surface area contributed by atoms with Crippen molar-refractivity contribution >= 4 is 5.97 Å². The molecule has 1 aromatic carbocycles. The summed E-state index contributed by atoms with van der Waals surface area (Å²) in [7, 11) is 0. The summed E-state index contributed by atoms with van der Waals surface area (Å²) >= 11 is 0. The molecular formula is C12H15NO2. The first-order valence-electron chi connectivity index (χ1n) is 5.16. The minimum Gasteiger partial charge on any atom is -0.480 e. The smallest absolute Gasteiger partial charge is 0.321 e. The van der Waals surface area contributed by atoms with E-state index in [4.69, 9.17) is 10.8 Å². The van der Waals surface area contributed by atoms with Crippen molar-refractivity contribution in [3.63, 3.8) is 0 Å². The molecule has 1 atom stereocenters. The van der Waals surface area contributed by atoms with Crippen LogP contribution in [-0.2, 0) is 11.2 Å². The Morgan fingerprint density at radius 2 is 2.00 bits per heavy atom. The van der Waals surface area contributed by atoms with Crippen LogP contribution in [0.5, 0.6) is 0 Å². The third-order valence-electron chi connectivity index (χ3n) is 3.22. The van der Waals surface area contributed by atoms with Crippen molar-refractivity contribution in [3.05, 3.63) is 35.9 Å². The van der Waals surface area contributed by atoms with Crippen LogP contribution in [0.25, 0.3) is 0 Å². The molecule has 80 valence electrons. The maximum Gasteiger partial charge on any atom is 0.321 e. The zero-order valence-corrected chi connectivity index (χ0v) is 8.52. The van der Waals surface area contributed by atoms with Gasteiger partial charge in [-0.3, -0.25) is 4.79 Å². The van der Waals surface area contributed by atoms with E-state index >= 15 is 0 Å². The van der Waals surface area contributed by atoms with E-state index in [0.29, 0.717) is 0 Å². The highest BCUT2D eigenvalue weighted by atomic mass is 16.4. The largest absolute Gasteiger partial charge is 0.480 e. The third kappa shape index (κ3) is 2.02. The van der Waals surface area contributed by atoms with Crippen LogP contribution in [0.2, 0.25) is 0 Å². The number of carboxylic acids is 1. The SMILES string of the molecule is NC(C(=O)O)C1(Cc2ccccc2)CC1. The average Bonchev–Trinajstić information content (AvgIpc) is 2.99. The molecule has 0 aromatic heterocycles. The van der Waals surface area contributed by atoms with E-state index < -0.39 is 12.0 Å². The Bertz CT molecular complexity index is 357. The first-order valence-corrected chi connectivity index (χ1v) is 5.16. The van der Waals surface area contributed by atoms with Gasteiger partial charge in [0, 0.05) is 5.41 Å². The minimum absolute atomic E-state index is 0.187. The summed E-state index contributed by atoms with van der Waals surface area (Å²) in [6, 6.07) is 9.22. The lowest BCUT2D eigenvalue weighted by molar-refractivity contribution is -0.140. The predicted molar refractivity (Wildman–Crippen MR) is 57.4 cm³/mol. The van der Waals surface area contributed by atoms with E-state index in [1.165, 1.54) is 5.56 Å². The summed E-state index contributed by atoms with van der Waals surface area (Å²) in [5.74, 6) is -0.886. The molecule has 3 N–H and O–H groups in total. The Balaban J connectivity index is 2.09. The van der Waals surface area contributed by atoms with Gasteiger partial charge in [-0.05, 0) is 24.8 Å². The van der Waals surface area contributed by atoms with Crippen LogP contribution in [0.1, 0.15) is 18.4 Å². The molecule has 0 aliphatic heterocycles. The van der Waals surface area contributed by atoms with Gasteiger partial charge in [-0.25, -0.2) is 0 Å². The molecule has 1 unspecified atom stereocenters. The molecule has 15 heavy (non-hydrogen) atoms. The molecule has 0 radical (unpaired) electrons. The lowest BCUT2D eigenvalue weighted by Gasteiger charge is -2.19. The second kappa shape index (κ2) is 3.66. The number of carboxylic acid groups (broad SMARTS) is 1. The van der Waals surface area contributed by atoms with Gasteiger partial charge in [0.05, 0.1) is 0 Å². The number of aliphatic carboxylic acids is 1. The number of rotatable bonds is 4. The minimum atomic E-state index is -0.886. The summed E-state index contributed by atoms with van der Waals surface area (Å²) in [5, 5.41) is 8.91. The third-order valence-corrected chi connectivity index (χ3v) is 3.22. The van der Waals surface area contributed by atoms with Crippen molar-refractivity contribution in [1.82, 2.24) is 0 Å². The maximum atomic E-state index is 10.9. The second-order valence-corrected chi connectivity index (χ2v) is 4.34. The summed E-state index contributed by atoms with van der Waals surface area (Å²) in [4.78, 5) is 10.9. The fourth-order valence-electron chi connectivity index (χ4n) is 2.02. The zero-order chi connectivity index (χ0) is 10.9. The van der Waals surface area contributed by atoms with Gasteiger partial charge >= 0.3 is 5.97 Å². The molecule has 0 amide bonds. The number of hydrogen-bond acceptors (Lipinski definition) is 2. The molecule has 1 aliphatic rings. The maximum absolute atomic E-state index is 10.9. The molecule has 1 fully saturated rings. The molecule has 0 heterocycles. The van der Waals surface area contributed by atoms with Crippen LogP contribution in [0, 0.1) is 5.41 Å². The normalized spacial score (nSPS) is 19.5. The van der Waals surface area contributed by atoms with Crippen molar-refractivity contribution in [2.75, 3.05) is 0 Å². The molecule has 3 nitrogen and oxygen atoms in total. The van der Waals surface area contributed by atoms with Crippen molar-refractivity contribution in [1.29, 1.82) is 0 Å². The summed E-state index contributed by atoms with van der Waals surface area (Å²) in [6.45, 7) is 0. The highest BCUT2D eigenvalue weighted by Crippen LogP contribution is 2.50. The van der Waals surface area contributed by atoms with Crippen LogP contribution in [-0.4, -0.2) is 17.1 Å². The fourth-order valence-corrected chi connectivity index (χ4v) is 2.02. The van der Waals surface area contributed by atoms with Crippen LogP contribution in [0.15, 0.2) is 30.3 Å². The summed E-state index contributed by atoms with van der Waals surface area (Å²) in [6.07, 6.45) is 2.63. The first kappa shape index (κ1) is 10.2. The van der Waals surface area contributed by atoms with Gasteiger partial charge in [0.25, 0.3) is 0 Å². The Kier molecular flexibility index (Phi) is 2.49. The lowest BCUT2D eigenvalue weighted by Crippen LogP contribution is -2.40. The monoisotopic (exact) mass is 205 g/mol. The fraction of sp³-hybridized carbons (Fsp3) is 0.417. The van der Waals surface area contributed by atoms with Gasteiger partial charge in [-0.1, -0.05) is 30.3 Å². The average molecular weight is 205 g/mol. The predicted octanol–water partition coefficient (Wildman–Crippen LogP) is 1.42. The highest BCUT2D eigenvalue weighted by molar-refractivity contribution is 5.75. The van der Waals surface area contributed by atoms with Crippen molar-refractivity contribution in [2.45, 2.75) is 25.3 Å². The summed E-state index contributed by atoms with van der Waals surface area (Å²) in [5.41, 5.74) is 6.69. The van der Waals surface area contributed by atoms with Crippen molar-refractivity contribution in [2.24, 2.45) is 11.1 Å². The molecule has 2 rings (SSSR count). The number of nitrogens with two attached hydrogens (primary N) is 1. The van der Waals surface area contributed by atoms with Gasteiger partial charge in [0.15, 0.2) is 0 Å². The topological polar surface area (TPSA) is 63.3 Å². The Labute approximate surface area is 88.9 Å². The number of carbonyl (C=O) groups is 1. The second-order valence-electron chi connectivity index (χ2n) is 4.34. The summed E-state index contributed by atoms with van der Waals surface area (Å²) < 4.78 is 0. The number of hydrogen-bond donors (Lipinski definition) is 2. The van der Waals surface area contributed by atoms with E-state index in [2.05, 4.69) is 0 Å². The van der Waals surface area contributed by atoms with Gasteiger partial charge in [0.2, 0.25) is 0 Å². The van der Waals surface area contributed by atoms with Crippen LogP contribution >= 0.6 is 0 Å². The van der Waals surface area contributed by atoms with Crippen molar-refractivity contribution in [3.8, 4) is 0 Å². The molecule has 1 aromatic rings. The molecule has 1 aliphatic carbocycles. The van der Waals surface area contributed by atoms with Gasteiger partial charge in [-0.2, -0.15) is 0 Å². The molecule has 0 saturated heterocycles. The standard InChI is InChI=1S/C12H15NO2/c13-10(11(14)15)12(6-7-12)8-9-4-2-1-3-5-9/h1-5,10H,6-8,13H2,(H,14,15). The Morgan fingerprint density at radius 3 is 2.47 bits per heavy atom. The van der Waals surface area contributed by atoms with Crippen molar-refractivity contribution < 1.29 is 9.90 Å². The van der Waals surface area contributed by atoms with Gasteiger partial charge in [-0.15, -0.1) is 0 Å². The molecule has 0 spiro atoms. The molecule has 0 bridgehead atoms. The van der Waals surface area contributed by atoms with Crippen LogP contribution in [0.4, 0.5) is 0 Å². The molecule has 3 heteroatoms. The zero-order valence-electron chi connectivity index (χ0n) is 8.52. The molecular weight excluding hydrogens is 190 g/mol. The molecule has 1 saturated carbocycles. The van der Waals surface area contributed by atoms with Crippen LogP contribution in [0.3, 0.4) is 0 Å². The van der Waals surface area contributed by atoms with E-state index in [-0.39, 0.29) is 5.41 Å². The first-order chi connectivity index (χ1) is 7.14. The van der Waals surface area contributed by atoms with E-state index in [1.54, 1.807) is 0 Å². The quantitative estimate of drug-likeness (QED) is 0.781. The van der Waals surface area contributed by atoms with Crippen LogP contribution < -0.4 is 5.73 Å². The highest BCUT2D eigenvalue weighted by Gasteiger charge is 2.50. The van der Waals surface area contributed by atoms with Gasteiger partial charge < -0.3 is 10.8 Å². The Morgan fingerprint density at radius 1 is 1.40 bits per heavy atom. The van der Waals surface area contributed by atoms with E-state index in [1.807, 2.05) is 30.3 Å². The lowest BCUT2D eigenvalue weighted by atomic mass is 9.89. The number of benzene rings is 1. The van der Waals surface area contributed by atoms with E-state index in [9.17, 15) is 4.79 Å². The van der Waals surface area contributed by atoms with Gasteiger partial charge in [0.1, 0.15) is 6.04 Å². The van der Waals surface area contributed by atoms with E-state index in [0.717, 1.165) is 19.3 Å².